The van der Waals surface area contributed by atoms with Gasteiger partial charge in [0, 0.05) is 6.42 Å². The molecule has 0 aromatic rings. The minimum atomic E-state index is -0.167. The Bertz CT molecular complexity index is 277. The van der Waals surface area contributed by atoms with Crippen LogP contribution in [0.15, 0.2) is 12.2 Å². The molecule has 0 spiro atoms. The van der Waals surface area contributed by atoms with Gasteiger partial charge in [0.25, 0.3) is 0 Å². The first-order valence-electron chi connectivity index (χ1n) is 9.90. The van der Waals surface area contributed by atoms with Gasteiger partial charge in [-0.1, -0.05) is 69.9 Å². The molecule has 0 saturated heterocycles. The van der Waals surface area contributed by atoms with Crippen LogP contribution in [0.3, 0.4) is 0 Å². The van der Waals surface area contributed by atoms with Gasteiger partial charge in [-0.05, 0) is 45.1 Å². The Hall–Kier alpha value is -0.830. The second-order valence-electron chi connectivity index (χ2n) is 6.65. The van der Waals surface area contributed by atoms with Crippen molar-refractivity contribution in [1.29, 1.82) is 0 Å². The Balaban J connectivity index is 3.07. The highest BCUT2D eigenvalue weighted by atomic mass is 16.1. The van der Waals surface area contributed by atoms with Crippen molar-refractivity contribution in [2.45, 2.75) is 103 Å². The molecule has 0 bridgehead atoms. The highest BCUT2D eigenvalue weighted by Crippen LogP contribution is 2.11. The van der Waals surface area contributed by atoms with Gasteiger partial charge < -0.3 is 11.5 Å². The lowest BCUT2D eigenvalue weighted by atomic mass is 10.1. The Labute approximate surface area is 144 Å². The van der Waals surface area contributed by atoms with Gasteiger partial charge in [-0.15, -0.1) is 0 Å². The zero-order valence-electron chi connectivity index (χ0n) is 15.2. The lowest BCUT2D eigenvalue weighted by Gasteiger charge is -2.00. The molecule has 136 valence electrons. The van der Waals surface area contributed by atoms with Crippen LogP contribution in [-0.2, 0) is 4.79 Å². The zero-order valence-corrected chi connectivity index (χ0v) is 15.2. The van der Waals surface area contributed by atoms with Gasteiger partial charge in [0.2, 0.25) is 5.91 Å². The minimum Gasteiger partial charge on any atom is -0.370 e. The summed E-state index contributed by atoms with van der Waals surface area (Å²) in [5.41, 5.74) is 10.6. The Morgan fingerprint density at radius 3 is 1.43 bits per heavy atom. The van der Waals surface area contributed by atoms with Crippen molar-refractivity contribution in [2.75, 3.05) is 6.54 Å². The first-order valence-corrected chi connectivity index (χ1v) is 9.90. The van der Waals surface area contributed by atoms with Crippen molar-refractivity contribution in [3.8, 4) is 0 Å². The van der Waals surface area contributed by atoms with Crippen molar-refractivity contribution in [3.63, 3.8) is 0 Å². The monoisotopic (exact) mass is 324 g/mol. The van der Waals surface area contributed by atoms with E-state index in [0.29, 0.717) is 6.42 Å². The average Bonchev–Trinajstić information content (AvgIpc) is 2.53. The largest absolute Gasteiger partial charge is 0.370 e. The smallest absolute Gasteiger partial charge is 0.217 e. The summed E-state index contributed by atoms with van der Waals surface area (Å²) in [7, 11) is 0. The predicted octanol–water partition coefficient (Wildman–Crippen LogP) is 5.23. The van der Waals surface area contributed by atoms with Crippen molar-refractivity contribution >= 4 is 5.91 Å². The van der Waals surface area contributed by atoms with E-state index in [9.17, 15) is 4.79 Å². The summed E-state index contributed by atoms with van der Waals surface area (Å²) < 4.78 is 0. The van der Waals surface area contributed by atoms with Crippen LogP contribution in [0.25, 0.3) is 0 Å². The van der Waals surface area contributed by atoms with Crippen LogP contribution in [0.2, 0.25) is 0 Å². The molecule has 0 fully saturated rings. The number of carbonyl (C=O) groups is 1. The fourth-order valence-electron chi connectivity index (χ4n) is 2.79. The molecule has 0 aromatic carbocycles. The van der Waals surface area contributed by atoms with E-state index in [4.69, 9.17) is 11.5 Å². The van der Waals surface area contributed by atoms with E-state index < -0.39 is 0 Å². The third-order valence-corrected chi connectivity index (χ3v) is 4.29. The zero-order chi connectivity index (χ0) is 17.0. The summed E-state index contributed by atoms with van der Waals surface area (Å²) in [4.78, 5) is 10.6. The Kier molecular flexibility index (Phi) is 18.5. The second-order valence-corrected chi connectivity index (χ2v) is 6.65. The fourth-order valence-corrected chi connectivity index (χ4v) is 2.79. The molecule has 0 atom stereocenters. The summed E-state index contributed by atoms with van der Waals surface area (Å²) in [6.45, 7) is 0.849. The van der Waals surface area contributed by atoms with Crippen LogP contribution in [0.5, 0.6) is 0 Å². The molecule has 1 amide bonds. The van der Waals surface area contributed by atoms with E-state index in [0.717, 1.165) is 19.4 Å². The van der Waals surface area contributed by atoms with Crippen LogP contribution >= 0.6 is 0 Å². The van der Waals surface area contributed by atoms with E-state index in [2.05, 4.69) is 12.2 Å². The fraction of sp³-hybridized carbons (Fsp3) is 0.850. The molecule has 0 rings (SSSR count). The standard InChI is InChI=1S/C20H40N2O/c21-19-17-15-13-11-9-7-5-3-1-2-4-6-8-10-12-14-16-18-20(22)23/h2,4H,1,3,5-19,21H2,(H2,22,23)/b4-2-. The number of allylic oxidation sites excluding steroid dienone is 2. The quantitative estimate of drug-likeness (QED) is 0.268. The summed E-state index contributed by atoms with van der Waals surface area (Å²) in [5, 5.41) is 0. The first-order chi connectivity index (χ1) is 11.3. The number of carbonyl (C=O) groups excluding carboxylic acids is 1. The van der Waals surface area contributed by atoms with Gasteiger partial charge in [-0.2, -0.15) is 0 Å². The molecule has 0 saturated carbocycles. The number of nitrogens with two attached hydrogens (primary N) is 2. The molecule has 4 N–H and O–H groups in total. The van der Waals surface area contributed by atoms with Crippen LogP contribution < -0.4 is 11.5 Å². The predicted molar refractivity (Wildman–Crippen MR) is 101 cm³/mol. The summed E-state index contributed by atoms with van der Waals surface area (Å²) in [5.74, 6) is -0.167. The number of amides is 1. The maximum absolute atomic E-state index is 10.6. The molecule has 0 aliphatic carbocycles. The van der Waals surface area contributed by atoms with Gasteiger partial charge in [0.05, 0.1) is 0 Å². The van der Waals surface area contributed by atoms with Crippen LogP contribution in [0.4, 0.5) is 0 Å². The summed E-state index contributed by atoms with van der Waals surface area (Å²) in [6.07, 6.45) is 24.3. The van der Waals surface area contributed by atoms with E-state index in [1.54, 1.807) is 0 Å². The average molecular weight is 325 g/mol. The molecule has 3 heteroatoms. The molecule has 0 aliphatic heterocycles. The minimum absolute atomic E-state index is 0.167. The van der Waals surface area contributed by atoms with E-state index >= 15 is 0 Å². The summed E-state index contributed by atoms with van der Waals surface area (Å²) in [6, 6.07) is 0. The summed E-state index contributed by atoms with van der Waals surface area (Å²) >= 11 is 0. The highest BCUT2D eigenvalue weighted by molar-refractivity contribution is 5.73. The van der Waals surface area contributed by atoms with Gasteiger partial charge in [0.15, 0.2) is 0 Å². The number of rotatable bonds is 18. The van der Waals surface area contributed by atoms with E-state index in [1.165, 1.54) is 83.5 Å². The van der Waals surface area contributed by atoms with Crippen LogP contribution in [-0.4, -0.2) is 12.5 Å². The molecule has 0 heterocycles. The Morgan fingerprint density at radius 2 is 1.00 bits per heavy atom. The van der Waals surface area contributed by atoms with Crippen molar-refractivity contribution < 1.29 is 4.79 Å². The SMILES string of the molecule is NCCCCCCCCCC/C=C\CCCCCCCC(N)=O. The molecular formula is C20H40N2O. The van der Waals surface area contributed by atoms with Crippen molar-refractivity contribution in [3.05, 3.63) is 12.2 Å². The van der Waals surface area contributed by atoms with Gasteiger partial charge in [0.1, 0.15) is 0 Å². The third kappa shape index (κ3) is 21.2. The second kappa shape index (κ2) is 19.2. The number of primary amides is 1. The van der Waals surface area contributed by atoms with E-state index in [-0.39, 0.29) is 5.91 Å². The molecule has 0 aromatic heterocycles. The van der Waals surface area contributed by atoms with Crippen LogP contribution in [0, 0.1) is 0 Å². The molecule has 23 heavy (non-hydrogen) atoms. The Morgan fingerprint density at radius 1 is 0.609 bits per heavy atom. The van der Waals surface area contributed by atoms with Gasteiger partial charge in [-0.3, -0.25) is 4.79 Å². The van der Waals surface area contributed by atoms with E-state index in [1.807, 2.05) is 0 Å². The van der Waals surface area contributed by atoms with Crippen molar-refractivity contribution in [1.82, 2.24) is 0 Å². The number of unbranched alkanes of at least 4 members (excludes halogenated alkanes) is 13. The van der Waals surface area contributed by atoms with Gasteiger partial charge >= 0.3 is 0 Å². The molecule has 3 nitrogen and oxygen atoms in total. The molecule has 0 radical (unpaired) electrons. The third-order valence-electron chi connectivity index (χ3n) is 4.29. The lowest BCUT2D eigenvalue weighted by Crippen LogP contribution is -2.09. The normalized spacial score (nSPS) is 11.3. The maximum atomic E-state index is 10.6. The molecule has 0 aliphatic rings. The lowest BCUT2D eigenvalue weighted by molar-refractivity contribution is -0.118. The van der Waals surface area contributed by atoms with Crippen LogP contribution in [0.1, 0.15) is 103 Å². The number of hydrogen-bond donors (Lipinski definition) is 2. The number of hydrogen-bond acceptors (Lipinski definition) is 2. The highest BCUT2D eigenvalue weighted by Gasteiger charge is 1.94. The maximum Gasteiger partial charge on any atom is 0.217 e. The van der Waals surface area contributed by atoms with Gasteiger partial charge in [-0.25, -0.2) is 0 Å². The van der Waals surface area contributed by atoms with Crippen molar-refractivity contribution in [2.24, 2.45) is 11.5 Å². The molecule has 0 unspecified atom stereocenters. The first kappa shape index (κ1) is 22.2. The topological polar surface area (TPSA) is 69.1 Å². The molecular weight excluding hydrogens is 284 g/mol.